The van der Waals surface area contributed by atoms with Gasteiger partial charge in [0.2, 0.25) is 5.91 Å². The van der Waals surface area contributed by atoms with E-state index in [0.29, 0.717) is 5.69 Å². The first-order chi connectivity index (χ1) is 9.54. The minimum Gasteiger partial charge on any atom is -0.506 e. The molecule has 102 valence electrons. The van der Waals surface area contributed by atoms with E-state index in [1.807, 2.05) is 6.92 Å². The van der Waals surface area contributed by atoms with Crippen LogP contribution in [0.15, 0.2) is 48.5 Å². The van der Waals surface area contributed by atoms with Gasteiger partial charge in [0.05, 0.1) is 5.69 Å². The number of benzene rings is 2. The second kappa shape index (κ2) is 6.02. The summed E-state index contributed by atoms with van der Waals surface area (Å²) in [6.07, 6.45) is 2.90. The number of hydrogen-bond acceptors (Lipinski definition) is 2. The molecule has 0 aliphatic heterocycles. The summed E-state index contributed by atoms with van der Waals surface area (Å²) in [5, 5.41) is 12.2. The third-order valence-corrected chi connectivity index (χ3v) is 2.71. The second-order valence-electron chi connectivity index (χ2n) is 4.39. The van der Waals surface area contributed by atoms with Crippen LogP contribution >= 0.6 is 0 Å². The number of aryl methyl sites for hydroxylation is 1. The van der Waals surface area contributed by atoms with Crippen molar-refractivity contribution in [3.63, 3.8) is 0 Å². The number of rotatable bonds is 3. The Hall–Kier alpha value is -2.62. The number of nitrogens with one attached hydrogen (secondary N) is 1. The lowest BCUT2D eigenvalue weighted by atomic mass is 10.2. The normalized spacial score (nSPS) is 10.7. The van der Waals surface area contributed by atoms with Gasteiger partial charge in [0.15, 0.2) is 0 Å². The molecule has 2 aromatic rings. The minimum atomic E-state index is -0.366. The number of halogens is 1. The molecule has 0 heterocycles. The van der Waals surface area contributed by atoms with Crippen molar-refractivity contribution < 1.29 is 14.3 Å². The van der Waals surface area contributed by atoms with Crippen LogP contribution < -0.4 is 5.32 Å². The average molecular weight is 271 g/mol. The topological polar surface area (TPSA) is 49.3 Å². The number of hydrogen-bond donors (Lipinski definition) is 2. The first kappa shape index (κ1) is 13.8. The summed E-state index contributed by atoms with van der Waals surface area (Å²) in [5.74, 6) is -0.675. The fourth-order valence-electron chi connectivity index (χ4n) is 1.67. The number of amides is 1. The van der Waals surface area contributed by atoms with E-state index in [1.54, 1.807) is 30.3 Å². The van der Waals surface area contributed by atoms with Gasteiger partial charge >= 0.3 is 0 Å². The fraction of sp³-hybridized carbons (Fsp3) is 0.0625. The predicted octanol–water partition coefficient (Wildman–Crippen LogP) is 3.49. The van der Waals surface area contributed by atoms with Crippen molar-refractivity contribution in [3.05, 3.63) is 65.5 Å². The molecule has 0 aliphatic carbocycles. The standard InChI is InChI=1S/C16H14FNO2/c1-11-2-8-15(19)14(10-11)18-16(20)9-5-12-3-6-13(17)7-4-12/h2-10,19H,1H3,(H,18,20)/b9-5+. The molecule has 0 saturated carbocycles. The third kappa shape index (κ3) is 3.68. The smallest absolute Gasteiger partial charge is 0.248 e. The molecule has 2 aromatic carbocycles. The highest BCUT2D eigenvalue weighted by Crippen LogP contribution is 2.23. The molecule has 0 atom stereocenters. The lowest BCUT2D eigenvalue weighted by Gasteiger charge is -2.05. The van der Waals surface area contributed by atoms with E-state index in [-0.39, 0.29) is 17.5 Å². The number of phenolic OH excluding ortho intramolecular Hbond substituents is 1. The fourth-order valence-corrected chi connectivity index (χ4v) is 1.67. The minimum absolute atomic E-state index is 0.0131. The van der Waals surface area contributed by atoms with Gasteiger partial charge in [0, 0.05) is 6.08 Å². The quantitative estimate of drug-likeness (QED) is 0.663. The van der Waals surface area contributed by atoms with E-state index < -0.39 is 0 Å². The van der Waals surface area contributed by atoms with Crippen molar-refractivity contribution in [1.82, 2.24) is 0 Å². The molecule has 20 heavy (non-hydrogen) atoms. The molecule has 0 fully saturated rings. The summed E-state index contributed by atoms with van der Waals surface area (Å²) in [5.41, 5.74) is 2.01. The Bertz CT molecular complexity index is 648. The summed E-state index contributed by atoms with van der Waals surface area (Å²) in [4.78, 5) is 11.7. The molecule has 0 spiro atoms. The van der Waals surface area contributed by atoms with Gasteiger partial charge in [-0.15, -0.1) is 0 Å². The summed E-state index contributed by atoms with van der Waals surface area (Å²) in [6.45, 7) is 1.86. The zero-order valence-electron chi connectivity index (χ0n) is 10.9. The Morgan fingerprint density at radius 1 is 1.20 bits per heavy atom. The van der Waals surface area contributed by atoms with E-state index in [4.69, 9.17) is 0 Å². The molecule has 0 unspecified atom stereocenters. The lowest BCUT2D eigenvalue weighted by molar-refractivity contribution is -0.111. The van der Waals surface area contributed by atoms with Crippen LogP contribution in [-0.2, 0) is 4.79 Å². The number of phenols is 1. The molecule has 0 aliphatic rings. The van der Waals surface area contributed by atoms with Gasteiger partial charge in [-0.2, -0.15) is 0 Å². The Morgan fingerprint density at radius 2 is 1.90 bits per heavy atom. The summed E-state index contributed by atoms with van der Waals surface area (Å²) < 4.78 is 12.7. The van der Waals surface area contributed by atoms with Crippen LogP contribution in [0.3, 0.4) is 0 Å². The number of carbonyl (C=O) groups is 1. The van der Waals surface area contributed by atoms with Gasteiger partial charge in [0.1, 0.15) is 11.6 Å². The summed E-state index contributed by atoms with van der Waals surface area (Å²) in [6, 6.07) is 10.7. The van der Waals surface area contributed by atoms with Crippen molar-refractivity contribution in [1.29, 1.82) is 0 Å². The zero-order chi connectivity index (χ0) is 14.5. The maximum Gasteiger partial charge on any atom is 0.248 e. The first-order valence-electron chi connectivity index (χ1n) is 6.09. The summed E-state index contributed by atoms with van der Waals surface area (Å²) >= 11 is 0. The van der Waals surface area contributed by atoms with Gasteiger partial charge in [-0.1, -0.05) is 18.2 Å². The van der Waals surface area contributed by atoms with Gasteiger partial charge < -0.3 is 10.4 Å². The monoisotopic (exact) mass is 271 g/mol. The maximum absolute atomic E-state index is 12.7. The van der Waals surface area contributed by atoms with Crippen LogP contribution in [0.25, 0.3) is 6.08 Å². The zero-order valence-corrected chi connectivity index (χ0v) is 10.9. The molecule has 0 radical (unpaired) electrons. The second-order valence-corrected chi connectivity index (χ2v) is 4.39. The van der Waals surface area contributed by atoms with E-state index in [2.05, 4.69) is 5.32 Å². The molecule has 0 saturated heterocycles. The Kier molecular flexibility index (Phi) is 4.15. The van der Waals surface area contributed by atoms with Crippen LogP contribution in [0, 0.1) is 12.7 Å². The van der Waals surface area contributed by atoms with Crippen molar-refractivity contribution in [2.45, 2.75) is 6.92 Å². The van der Waals surface area contributed by atoms with Crippen molar-refractivity contribution in [3.8, 4) is 5.75 Å². The SMILES string of the molecule is Cc1ccc(O)c(NC(=O)/C=C/c2ccc(F)cc2)c1. The molecule has 0 aromatic heterocycles. The van der Waals surface area contributed by atoms with Gasteiger partial charge in [-0.25, -0.2) is 4.39 Å². The lowest BCUT2D eigenvalue weighted by Crippen LogP contribution is -2.08. The van der Waals surface area contributed by atoms with E-state index >= 15 is 0 Å². The molecule has 2 rings (SSSR count). The van der Waals surface area contributed by atoms with Crippen molar-refractivity contribution in [2.24, 2.45) is 0 Å². The Morgan fingerprint density at radius 3 is 2.60 bits per heavy atom. The van der Waals surface area contributed by atoms with Crippen LogP contribution in [-0.4, -0.2) is 11.0 Å². The maximum atomic E-state index is 12.7. The Labute approximate surface area is 116 Å². The van der Waals surface area contributed by atoms with E-state index in [1.165, 1.54) is 24.3 Å². The summed E-state index contributed by atoms with van der Waals surface area (Å²) in [7, 11) is 0. The van der Waals surface area contributed by atoms with Gasteiger partial charge in [0.25, 0.3) is 0 Å². The number of aromatic hydroxyl groups is 1. The van der Waals surface area contributed by atoms with Crippen LogP contribution in [0.4, 0.5) is 10.1 Å². The highest BCUT2D eigenvalue weighted by molar-refractivity contribution is 6.02. The Balaban J connectivity index is 2.05. The molecule has 0 bridgehead atoms. The van der Waals surface area contributed by atoms with Crippen LogP contribution in [0.5, 0.6) is 5.75 Å². The molecule has 1 amide bonds. The first-order valence-corrected chi connectivity index (χ1v) is 6.09. The largest absolute Gasteiger partial charge is 0.506 e. The molecular formula is C16H14FNO2. The highest BCUT2D eigenvalue weighted by Gasteiger charge is 2.03. The molecule has 2 N–H and O–H groups in total. The van der Waals surface area contributed by atoms with Gasteiger partial charge in [-0.3, -0.25) is 4.79 Å². The van der Waals surface area contributed by atoms with E-state index in [0.717, 1.165) is 11.1 Å². The number of carbonyl (C=O) groups excluding carboxylic acids is 1. The number of anilines is 1. The van der Waals surface area contributed by atoms with Crippen molar-refractivity contribution in [2.75, 3.05) is 5.32 Å². The van der Waals surface area contributed by atoms with E-state index in [9.17, 15) is 14.3 Å². The average Bonchev–Trinajstić information content (AvgIpc) is 2.42. The van der Waals surface area contributed by atoms with Crippen LogP contribution in [0.1, 0.15) is 11.1 Å². The van der Waals surface area contributed by atoms with Crippen molar-refractivity contribution >= 4 is 17.7 Å². The predicted molar refractivity (Wildman–Crippen MR) is 76.9 cm³/mol. The van der Waals surface area contributed by atoms with Crippen LogP contribution in [0.2, 0.25) is 0 Å². The molecule has 3 nitrogen and oxygen atoms in total. The molecular weight excluding hydrogens is 257 g/mol. The third-order valence-electron chi connectivity index (χ3n) is 2.71. The molecule has 4 heteroatoms. The van der Waals surface area contributed by atoms with Gasteiger partial charge in [-0.05, 0) is 48.4 Å². The highest BCUT2D eigenvalue weighted by atomic mass is 19.1.